The van der Waals surface area contributed by atoms with Crippen molar-refractivity contribution in [3.63, 3.8) is 0 Å². The van der Waals surface area contributed by atoms with Crippen LogP contribution in [0, 0.1) is 5.41 Å². The zero-order chi connectivity index (χ0) is 25.3. The summed E-state index contributed by atoms with van der Waals surface area (Å²) in [5.74, 6) is -0.658. The molecule has 1 saturated heterocycles. The molecule has 0 radical (unpaired) electrons. The highest BCUT2D eigenvalue weighted by atomic mass is 35.6. The van der Waals surface area contributed by atoms with Crippen LogP contribution >= 0.6 is 34.8 Å². The van der Waals surface area contributed by atoms with Gasteiger partial charge in [-0.05, 0) is 29.5 Å². The zero-order valence-corrected chi connectivity index (χ0v) is 20.9. The second-order valence-electron chi connectivity index (χ2n) is 7.83. The van der Waals surface area contributed by atoms with E-state index in [4.69, 9.17) is 60.0 Å². The second kappa shape index (κ2) is 12.9. The number of nitrogens with one attached hydrogen (secondary N) is 1. The Morgan fingerprint density at radius 2 is 1.74 bits per heavy atom. The van der Waals surface area contributed by atoms with Gasteiger partial charge in [-0.3, -0.25) is 5.41 Å². The maximum atomic E-state index is 13.0. The van der Waals surface area contributed by atoms with Gasteiger partial charge in [0.25, 0.3) is 3.79 Å². The first-order valence-corrected chi connectivity index (χ1v) is 11.9. The van der Waals surface area contributed by atoms with E-state index < -0.39 is 34.2 Å². The van der Waals surface area contributed by atoms with E-state index in [9.17, 15) is 4.79 Å². The van der Waals surface area contributed by atoms with Crippen LogP contribution < -0.4 is 0 Å². The minimum Gasteiger partial charge on any atom is -0.448 e. The lowest BCUT2D eigenvalue weighted by molar-refractivity contribution is -0.168. The minimum absolute atomic E-state index is 0.127. The molecule has 9 nitrogen and oxygen atoms in total. The van der Waals surface area contributed by atoms with Crippen LogP contribution in [0.25, 0.3) is 10.4 Å². The molecule has 186 valence electrons. The molecule has 1 amide bonds. The van der Waals surface area contributed by atoms with E-state index in [-0.39, 0.29) is 13.2 Å². The Morgan fingerprint density at radius 3 is 2.34 bits per heavy atom. The van der Waals surface area contributed by atoms with Crippen molar-refractivity contribution in [2.24, 2.45) is 5.11 Å². The normalized spacial score (nSPS) is 19.8. The smallest absolute Gasteiger partial charge is 0.410 e. The quantitative estimate of drug-likeness (QED) is 0.104. The van der Waals surface area contributed by atoms with Gasteiger partial charge in [0.2, 0.25) is 12.2 Å². The van der Waals surface area contributed by atoms with Gasteiger partial charge >= 0.3 is 6.09 Å². The number of carbonyl (C=O) groups is 1. The molecular formula is C23H24Cl3N5O4. The van der Waals surface area contributed by atoms with Crippen molar-refractivity contribution in [2.45, 2.75) is 48.2 Å². The van der Waals surface area contributed by atoms with E-state index in [1.54, 1.807) is 0 Å². The predicted octanol–water partition coefficient (Wildman–Crippen LogP) is 6.37. The van der Waals surface area contributed by atoms with Gasteiger partial charge in [0.1, 0.15) is 6.61 Å². The largest absolute Gasteiger partial charge is 0.448 e. The number of rotatable bonds is 8. The third-order valence-corrected chi connectivity index (χ3v) is 5.74. The first-order valence-electron chi connectivity index (χ1n) is 10.8. The number of halogens is 3. The van der Waals surface area contributed by atoms with Crippen LogP contribution in [0.2, 0.25) is 0 Å². The molecule has 2 unspecified atom stereocenters. The van der Waals surface area contributed by atoms with E-state index in [0.29, 0.717) is 19.4 Å². The van der Waals surface area contributed by atoms with Crippen LogP contribution in [0.4, 0.5) is 4.79 Å². The molecule has 35 heavy (non-hydrogen) atoms. The molecule has 0 aliphatic carbocycles. The summed E-state index contributed by atoms with van der Waals surface area (Å²) in [6.07, 6.45) is -1.29. The summed E-state index contributed by atoms with van der Waals surface area (Å²) < 4.78 is 14.8. The van der Waals surface area contributed by atoms with Crippen molar-refractivity contribution in [3.05, 3.63) is 82.2 Å². The van der Waals surface area contributed by atoms with E-state index in [1.165, 1.54) is 4.90 Å². The van der Waals surface area contributed by atoms with Crippen molar-refractivity contribution in [2.75, 3.05) is 6.54 Å². The van der Waals surface area contributed by atoms with Gasteiger partial charge in [-0.1, -0.05) is 101 Å². The van der Waals surface area contributed by atoms with Gasteiger partial charge in [0.15, 0.2) is 0 Å². The van der Waals surface area contributed by atoms with Gasteiger partial charge in [-0.2, -0.15) is 0 Å². The molecule has 0 aromatic heterocycles. The van der Waals surface area contributed by atoms with Crippen LogP contribution in [-0.4, -0.2) is 45.7 Å². The summed E-state index contributed by atoms with van der Waals surface area (Å²) >= 11 is 17.2. The van der Waals surface area contributed by atoms with E-state index >= 15 is 0 Å². The number of amides is 1. The zero-order valence-electron chi connectivity index (χ0n) is 18.6. The molecule has 3 rings (SSSR count). The Hall–Kier alpha value is -2.68. The Bertz CT molecular complexity index is 1030. The average molecular weight is 541 g/mol. The molecule has 2 aromatic rings. The molecule has 1 N–H and O–H groups in total. The summed E-state index contributed by atoms with van der Waals surface area (Å²) in [6.45, 7) is 0.595. The lowest BCUT2D eigenvalue weighted by Crippen LogP contribution is -2.47. The number of alkyl halides is 3. The van der Waals surface area contributed by atoms with Crippen molar-refractivity contribution in [1.29, 1.82) is 5.41 Å². The molecule has 2 aromatic carbocycles. The van der Waals surface area contributed by atoms with Crippen LogP contribution in [0.3, 0.4) is 0 Å². The van der Waals surface area contributed by atoms with Gasteiger partial charge in [-0.15, -0.1) is 0 Å². The number of hydrogen-bond donors (Lipinski definition) is 1. The molecule has 0 spiro atoms. The fourth-order valence-electron chi connectivity index (χ4n) is 3.51. The third-order valence-electron chi connectivity index (χ3n) is 5.22. The molecule has 3 atom stereocenters. The number of carbonyl (C=O) groups excluding carboxylic acids is 1. The lowest BCUT2D eigenvalue weighted by atomic mass is 10.0. The number of hydrogen-bond acceptors (Lipinski definition) is 6. The van der Waals surface area contributed by atoms with E-state index in [1.807, 2.05) is 60.7 Å². The summed E-state index contributed by atoms with van der Waals surface area (Å²) in [4.78, 5) is 17.4. The van der Waals surface area contributed by atoms with Crippen LogP contribution in [-0.2, 0) is 27.4 Å². The Morgan fingerprint density at radius 1 is 1.11 bits per heavy atom. The highest BCUT2D eigenvalue weighted by Gasteiger charge is 2.38. The first kappa shape index (κ1) is 26.9. The number of ether oxygens (including phenoxy) is 3. The lowest BCUT2D eigenvalue weighted by Gasteiger charge is -2.37. The van der Waals surface area contributed by atoms with E-state index in [0.717, 1.165) is 11.1 Å². The number of azide groups is 1. The molecule has 12 heteroatoms. The standard InChI is InChI=1S/C23H24Cl3N5O4/c24-23(25,26)21(27)35-20-19(29-30-28)12-11-18(34-20)14-31(13-16-7-3-1-4-8-16)22(32)33-15-17-9-5-2-6-10-17/h1-10,18-20,27H,11-15H2/t18-,19?,20?/m0/s1. The van der Waals surface area contributed by atoms with Gasteiger partial charge in [0, 0.05) is 11.5 Å². The predicted molar refractivity (Wildman–Crippen MR) is 133 cm³/mol. The Labute approximate surface area is 217 Å². The van der Waals surface area contributed by atoms with Crippen molar-refractivity contribution < 1.29 is 19.0 Å². The first-order chi connectivity index (χ1) is 16.8. The maximum absolute atomic E-state index is 13.0. The van der Waals surface area contributed by atoms with Crippen molar-refractivity contribution in [3.8, 4) is 0 Å². The van der Waals surface area contributed by atoms with Gasteiger partial charge < -0.3 is 19.1 Å². The molecule has 1 heterocycles. The highest BCUT2D eigenvalue weighted by Crippen LogP contribution is 2.31. The number of nitrogens with zero attached hydrogens (tertiary/aromatic N) is 4. The summed E-state index contributed by atoms with van der Waals surface area (Å²) in [5, 5.41) is 11.5. The van der Waals surface area contributed by atoms with Crippen LogP contribution in [0.5, 0.6) is 0 Å². The van der Waals surface area contributed by atoms with Crippen molar-refractivity contribution >= 4 is 46.8 Å². The SMILES string of the molecule is [N-]=[N+]=NC1CC[C@@H](CN(Cc2ccccc2)C(=O)OCc2ccccc2)OC1OC(=N)C(Cl)(Cl)Cl. The molecule has 0 saturated carbocycles. The third kappa shape index (κ3) is 8.49. The monoisotopic (exact) mass is 539 g/mol. The fourth-order valence-corrected chi connectivity index (χ4v) is 3.64. The molecule has 0 bridgehead atoms. The van der Waals surface area contributed by atoms with Crippen LogP contribution in [0.15, 0.2) is 65.8 Å². The summed E-state index contributed by atoms with van der Waals surface area (Å²) in [6, 6.07) is 18.1. The highest BCUT2D eigenvalue weighted by molar-refractivity contribution is 6.76. The maximum Gasteiger partial charge on any atom is 0.410 e. The molecule has 1 aliphatic heterocycles. The Kier molecular flexibility index (Phi) is 9.89. The average Bonchev–Trinajstić information content (AvgIpc) is 2.84. The molecular weight excluding hydrogens is 517 g/mol. The summed E-state index contributed by atoms with van der Waals surface area (Å²) in [7, 11) is 0. The van der Waals surface area contributed by atoms with E-state index in [2.05, 4.69) is 10.0 Å². The van der Waals surface area contributed by atoms with Crippen molar-refractivity contribution in [1.82, 2.24) is 4.90 Å². The minimum atomic E-state index is -2.10. The van der Waals surface area contributed by atoms with Gasteiger partial charge in [-0.25, -0.2) is 4.79 Å². The topological polar surface area (TPSA) is 121 Å². The molecule has 1 aliphatic rings. The van der Waals surface area contributed by atoms with Crippen LogP contribution in [0.1, 0.15) is 24.0 Å². The Balaban J connectivity index is 1.71. The second-order valence-corrected chi connectivity index (χ2v) is 10.1. The summed E-state index contributed by atoms with van der Waals surface area (Å²) in [5.41, 5.74) is 10.7. The molecule has 1 fully saturated rings. The van der Waals surface area contributed by atoms with Gasteiger partial charge in [0.05, 0.1) is 18.7 Å². The fraction of sp³-hybridized carbons (Fsp3) is 0.391. The number of benzene rings is 2.